The molecule has 3 saturated heterocycles. The first-order valence-electron chi connectivity index (χ1n) is 10.9. The molecule has 0 unspecified atom stereocenters. The molecule has 162 valence electrons. The molecule has 3 heterocycles. The Labute approximate surface area is 178 Å². The van der Waals surface area contributed by atoms with Crippen molar-refractivity contribution in [2.75, 3.05) is 53.4 Å². The van der Waals surface area contributed by atoms with Crippen LogP contribution in [-0.2, 0) is 4.79 Å². The number of rotatable bonds is 2. The molecule has 0 saturated carbocycles. The molecule has 2 spiro atoms. The number of benzene rings is 1. The summed E-state index contributed by atoms with van der Waals surface area (Å²) in [6.45, 7) is 5.82. The van der Waals surface area contributed by atoms with E-state index in [2.05, 4.69) is 0 Å². The molecule has 30 heavy (non-hydrogen) atoms. The Hall–Kier alpha value is -2.57. The maximum atomic E-state index is 13.5. The summed E-state index contributed by atoms with van der Waals surface area (Å²) in [6, 6.07) is 9.34. The van der Waals surface area contributed by atoms with Crippen LogP contribution in [-0.4, -0.2) is 90.8 Å². The molecule has 1 aromatic rings. The number of amides is 4. The highest BCUT2D eigenvalue weighted by Crippen LogP contribution is 2.58. The Morgan fingerprint density at radius 1 is 0.967 bits per heavy atom. The molecule has 0 bridgehead atoms. The van der Waals surface area contributed by atoms with Gasteiger partial charge in [-0.2, -0.15) is 0 Å². The summed E-state index contributed by atoms with van der Waals surface area (Å²) in [5.74, 6) is 0.244. The fraction of sp³-hybridized carbons (Fsp3) is 0.609. The number of hydrogen-bond acceptors (Lipinski definition) is 3. The lowest BCUT2D eigenvalue weighted by molar-refractivity contribution is -0.141. The van der Waals surface area contributed by atoms with Crippen LogP contribution in [0.5, 0.6) is 0 Å². The van der Waals surface area contributed by atoms with Crippen molar-refractivity contribution in [1.82, 2.24) is 19.6 Å². The number of likely N-dealkylation sites (tertiary alicyclic amines) is 3. The van der Waals surface area contributed by atoms with Crippen LogP contribution in [0.1, 0.15) is 36.5 Å². The molecule has 3 fully saturated rings. The minimum absolute atomic E-state index is 0.0307. The van der Waals surface area contributed by atoms with Gasteiger partial charge in [-0.05, 0) is 38.3 Å². The summed E-state index contributed by atoms with van der Waals surface area (Å²) in [4.78, 5) is 46.5. The van der Waals surface area contributed by atoms with Gasteiger partial charge in [0.2, 0.25) is 5.91 Å². The van der Waals surface area contributed by atoms with E-state index in [1.54, 1.807) is 19.0 Å². The second-order valence-electron chi connectivity index (χ2n) is 9.19. The standard InChI is InChI=1S/C23H32N4O3/c1-4-25-15-12-23(20(25)29)17-27(21(30)24(2)3)16-22(23)10-13-26(14-11-22)19(28)18-8-6-5-7-9-18/h5-9H,4,10-17H2,1-3H3/t23-/m0/s1. The number of urea groups is 1. The van der Waals surface area contributed by atoms with Crippen LogP contribution >= 0.6 is 0 Å². The average molecular weight is 413 g/mol. The van der Waals surface area contributed by atoms with Crippen LogP contribution in [0, 0.1) is 10.8 Å². The second kappa shape index (κ2) is 7.60. The van der Waals surface area contributed by atoms with Crippen molar-refractivity contribution >= 4 is 17.8 Å². The molecule has 0 N–H and O–H groups in total. The van der Waals surface area contributed by atoms with Crippen molar-refractivity contribution in [3.63, 3.8) is 0 Å². The molecule has 0 aromatic heterocycles. The van der Waals surface area contributed by atoms with Crippen LogP contribution < -0.4 is 0 Å². The van der Waals surface area contributed by atoms with Gasteiger partial charge in [0.05, 0.1) is 5.41 Å². The van der Waals surface area contributed by atoms with Gasteiger partial charge in [0.25, 0.3) is 5.91 Å². The highest BCUT2D eigenvalue weighted by Gasteiger charge is 2.66. The number of piperidine rings is 1. The summed E-state index contributed by atoms with van der Waals surface area (Å²) in [5.41, 5.74) is -0.0722. The Balaban J connectivity index is 1.58. The molecule has 4 rings (SSSR count). The molecule has 7 nitrogen and oxygen atoms in total. The largest absolute Gasteiger partial charge is 0.342 e. The summed E-state index contributed by atoms with van der Waals surface area (Å²) in [5, 5.41) is 0. The molecule has 3 aliphatic heterocycles. The van der Waals surface area contributed by atoms with Crippen LogP contribution in [0.4, 0.5) is 4.79 Å². The van der Waals surface area contributed by atoms with E-state index in [0.29, 0.717) is 38.3 Å². The third-order valence-corrected chi connectivity index (χ3v) is 7.54. The molecule has 7 heteroatoms. The lowest BCUT2D eigenvalue weighted by Gasteiger charge is -2.46. The fourth-order valence-electron chi connectivity index (χ4n) is 5.80. The van der Waals surface area contributed by atoms with Gasteiger partial charge >= 0.3 is 6.03 Å². The lowest BCUT2D eigenvalue weighted by Crippen LogP contribution is -2.53. The zero-order chi connectivity index (χ0) is 21.5. The van der Waals surface area contributed by atoms with Gasteiger partial charge in [-0.15, -0.1) is 0 Å². The van der Waals surface area contributed by atoms with E-state index in [-0.39, 0.29) is 23.3 Å². The van der Waals surface area contributed by atoms with Crippen LogP contribution in [0.25, 0.3) is 0 Å². The van der Waals surface area contributed by atoms with Crippen molar-refractivity contribution in [3.05, 3.63) is 35.9 Å². The van der Waals surface area contributed by atoms with Crippen LogP contribution in [0.2, 0.25) is 0 Å². The summed E-state index contributed by atoms with van der Waals surface area (Å²) in [7, 11) is 3.52. The van der Waals surface area contributed by atoms with Crippen molar-refractivity contribution in [2.24, 2.45) is 10.8 Å². The van der Waals surface area contributed by atoms with Gasteiger partial charge in [-0.1, -0.05) is 18.2 Å². The van der Waals surface area contributed by atoms with E-state index in [1.165, 1.54) is 0 Å². The molecule has 3 aliphatic rings. The number of carbonyl (C=O) groups is 3. The molecule has 1 atom stereocenters. The van der Waals surface area contributed by atoms with Gasteiger partial charge in [0.1, 0.15) is 0 Å². The third-order valence-electron chi connectivity index (χ3n) is 7.54. The molecular weight excluding hydrogens is 380 g/mol. The smallest absolute Gasteiger partial charge is 0.319 e. The Morgan fingerprint density at radius 2 is 1.63 bits per heavy atom. The molecule has 0 aliphatic carbocycles. The van der Waals surface area contributed by atoms with E-state index < -0.39 is 5.41 Å². The number of fused-ring (bicyclic) bond motifs is 1. The monoisotopic (exact) mass is 412 g/mol. The number of nitrogens with zero attached hydrogens (tertiary/aromatic N) is 4. The average Bonchev–Trinajstić information content (AvgIpc) is 3.26. The lowest BCUT2D eigenvalue weighted by atomic mass is 9.60. The first-order valence-corrected chi connectivity index (χ1v) is 10.9. The van der Waals surface area contributed by atoms with E-state index in [4.69, 9.17) is 0 Å². The maximum Gasteiger partial charge on any atom is 0.319 e. The van der Waals surface area contributed by atoms with Gasteiger partial charge in [-0.3, -0.25) is 9.59 Å². The predicted molar refractivity (Wildman–Crippen MR) is 114 cm³/mol. The SMILES string of the molecule is CCN1CC[C@]2(CN(C(=O)N(C)C)CC23CCN(C(=O)c2ccccc2)CC3)C1=O. The van der Waals surface area contributed by atoms with Crippen molar-refractivity contribution in [3.8, 4) is 0 Å². The molecular formula is C23H32N4O3. The first kappa shape index (κ1) is 20.7. The predicted octanol–water partition coefficient (Wildman–Crippen LogP) is 2.14. The van der Waals surface area contributed by atoms with Crippen molar-refractivity contribution < 1.29 is 14.4 Å². The maximum absolute atomic E-state index is 13.5. The highest BCUT2D eigenvalue weighted by molar-refractivity contribution is 5.94. The normalized spacial score (nSPS) is 25.4. The minimum Gasteiger partial charge on any atom is -0.342 e. The van der Waals surface area contributed by atoms with Crippen molar-refractivity contribution in [1.29, 1.82) is 0 Å². The van der Waals surface area contributed by atoms with E-state index in [0.717, 1.165) is 25.8 Å². The van der Waals surface area contributed by atoms with Gasteiger partial charge in [0, 0.05) is 64.3 Å². The van der Waals surface area contributed by atoms with Crippen LogP contribution in [0.3, 0.4) is 0 Å². The topological polar surface area (TPSA) is 64.2 Å². The molecule has 4 amide bonds. The Bertz CT molecular complexity index is 832. The Morgan fingerprint density at radius 3 is 2.20 bits per heavy atom. The van der Waals surface area contributed by atoms with Crippen LogP contribution in [0.15, 0.2) is 30.3 Å². The zero-order valence-electron chi connectivity index (χ0n) is 18.3. The quantitative estimate of drug-likeness (QED) is 0.748. The number of hydrogen-bond donors (Lipinski definition) is 0. The summed E-state index contributed by atoms with van der Waals surface area (Å²) < 4.78 is 0. The summed E-state index contributed by atoms with van der Waals surface area (Å²) >= 11 is 0. The van der Waals surface area contributed by atoms with Gasteiger partial charge in [0.15, 0.2) is 0 Å². The molecule has 1 aromatic carbocycles. The second-order valence-corrected chi connectivity index (χ2v) is 9.19. The third kappa shape index (κ3) is 3.06. The summed E-state index contributed by atoms with van der Waals surface area (Å²) in [6.07, 6.45) is 2.31. The minimum atomic E-state index is -0.517. The van der Waals surface area contributed by atoms with E-state index in [9.17, 15) is 14.4 Å². The van der Waals surface area contributed by atoms with Gasteiger partial charge < -0.3 is 19.6 Å². The highest BCUT2D eigenvalue weighted by atomic mass is 16.2. The van der Waals surface area contributed by atoms with E-state index >= 15 is 0 Å². The van der Waals surface area contributed by atoms with E-state index in [1.807, 2.05) is 52.0 Å². The fourth-order valence-corrected chi connectivity index (χ4v) is 5.80. The molecule has 0 radical (unpaired) electrons. The first-order chi connectivity index (χ1) is 14.3. The Kier molecular flexibility index (Phi) is 5.24. The van der Waals surface area contributed by atoms with Crippen molar-refractivity contribution in [2.45, 2.75) is 26.2 Å². The van der Waals surface area contributed by atoms with Gasteiger partial charge in [-0.25, -0.2) is 4.79 Å². The zero-order valence-corrected chi connectivity index (χ0v) is 18.3. The number of carbonyl (C=O) groups excluding carboxylic acids is 3.